The molecule has 3 heterocycles. The summed E-state index contributed by atoms with van der Waals surface area (Å²) in [5, 5.41) is 20.8. The van der Waals surface area contributed by atoms with Crippen LogP contribution in [-0.4, -0.2) is 74.7 Å². The number of aryl methyl sites for hydroxylation is 1. The first-order chi connectivity index (χ1) is 17.0. The van der Waals surface area contributed by atoms with E-state index in [-0.39, 0.29) is 23.9 Å². The summed E-state index contributed by atoms with van der Waals surface area (Å²) in [5.74, 6) is -4.03. The molecule has 4 rings (SSSR count). The van der Waals surface area contributed by atoms with Crippen LogP contribution in [0.4, 0.5) is 5.69 Å². The number of anilines is 1. The van der Waals surface area contributed by atoms with E-state index in [2.05, 4.69) is 22.5 Å². The van der Waals surface area contributed by atoms with Crippen LogP contribution < -0.4 is 4.90 Å². The summed E-state index contributed by atoms with van der Waals surface area (Å²) in [7, 11) is 0. The maximum Gasteiger partial charge on any atom is 0.310 e. The van der Waals surface area contributed by atoms with Crippen molar-refractivity contribution in [1.82, 2.24) is 4.90 Å². The van der Waals surface area contributed by atoms with E-state index >= 15 is 0 Å². The Hall–Kier alpha value is -1.94. The summed E-state index contributed by atoms with van der Waals surface area (Å²) in [5.41, 5.74) is -0.0740. The zero-order chi connectivity index (χ0) is 26.5. The molecule has 7 atom stereocenters. The van der Waals surface area contributed by atoms with Crippen LogP contribution in [0.1, 0.15) is 32.3 Å². The number of likely N-dealkylation sites (tertiary alicyclic amines) is 1. The number of alkyl halides is 1. The lowest BCUT2D eigenvalue weighted by Crippen LogP contribution is -2.59. The Balaban J connectivity index is 1.89. The van der Waals surface area contributed by atoms with Crippen LogP contribution in [0.25, 0.3) is 0 Å². The van der Waals surface area contributed by atoms with E-state index in [9.17, 15) is 24.6 Å². The standard InChI is InChI=1S/C26H32BrClN2O6/c1-5-9-29(20-14(4)7-6-8-17(20)28)24(33)22-26-11-16(27)21(36-26)18(25(34)35)19(26)23(32)30(22)15(12-31)10-13(2)3/h5-8,13,15-16,18-19,21-22,31H,1,9-12H2,2-4H3,(H,34,35)/t15-,16?,18-,19+,21-,22?,26?/m1/s1. The van der Waals surface area contributed by atoms with E-state index in [1.54, 1.807) is 18.2 Å². The molecule has 2 amide bonds. The van der Waals surface area contributed by atoms with Crippen LogP contribution >= 0.6 is 27.5 Å². The number of aliphatic hydroxyl groups excluding tert-OH is 1. The Bertz CT molecular complexity index is 1060. The van der Waals surface area contributed by atoms with Crippen molar-refractivity contribution in [1.29, 1.82) is 0 Å². The third kappa shape index (κ3) is 4.08. The number of carboxylic acid groups (broad SMARTS) is 1. The molecule has 3 saturated heterocycles. The highest BCUT2D eigenvalue weighted by atomic mass is 79.9. The second-order valence-electron chi connectivity index (χ2n) is 10.4. The monoisotopic (exact) mass is 582 g/mol. The van der Waals surface area contributed by atoms with Crippen molar-refractivity contribution >= 4 is 51.0 Å². The maximum absolute atomic E-state index is 14.5. The number of para-hydroxylation sites is 1. The van der Waals surface area contributed by atoms with Gasteiger partial charge in [0.1, 0.15) is 11.6 Å². The molecule has 1 aromatic rings. The molecule has 0 aliphatic carbocycles. The number of hydrogen-bond donors (Lipinski definition) is 2. The van der Waals surface area contributed by atoms with Crippen LogP contribution in [0.15, 0.2) is 30.9 Å². The molecule has 3 aliphatic rings. The number of nitrogens with zero attached hydrogens (tertiary/aromatic N) is 2. The number of benzene rings is 1. The number of ether oxygens (including phenoxy) is 1. The average Bonchev–Trinajstić information content (AvgIpc) is 3.39. The lowest BCUT2D eigenvalue weighted by Gasteiger charge is -2.40. The molecule has 3 unspecified atom stereocenters. The topological polar surface area (TPSA) is 107 Å². The molecule has 1 spiro atoms. The van der Waals surface area contributed by atoms with Crippen LogP contribution in [0.2, 0.25) is 5.02 Å². The number of carboxylic acids is 1. The van der Waals surface area contributed by atoms with E-state index < -0.39 is 53.4 Å². The SMILES string of the molecule is C=CCN(C(=O)C1N([C@@H](CO)CC(C)C)C(=O)[C@@H]2[C@@H](C(=O)O)[C@@H]3OC12CC3Br)c1c(C)cccc1Cl. The number of hydrogen-bond acceptors (Lipinski definition) is 5. The van der Waals surface area contributed by atoms with Crippen LogP contribution in [-0.2, 0) is 19.1 Å². The number of aliphatic hydroxyl groups is 1. The van der Waals surface area contributed by atoms with Gasteiger partial charge in [-0.2, -0.15) is 0 Å². The fourth-order valence-corrected chi connectivity index (χ4v) is 7.64. The third-order valence-corrected chi connectivity index (χ3v) is 8.78. The molecule has 10 heteroatoms. The van der Waals surface area contributed by atoms with Crippen molar-refractivity contribution in [2.24, 2.45) is 17.8 Å². The summed E-state index contributed by atoms with van der Waals surface area (Å²) >= 11 is 10.1. The molecule has 0 radical (unpaired) electrons. The molecule has 8 nitrogen and oxygen atoms in total. The Morgan fingerprint density at radius 2 is 2.11 bits per heavy atom. The van der Waals surface area contributed by atoms with Crippen LogP contribution in [0, 0.1) is 24.7 Å². The van der Waals surface area contributed by atoms with Gasteiger partial charge in [-0.15, -0.1) is 6.58 Å². The van der Waals surface area contributed by atoms with Crippen LogP contribution in [0.3, 0.4) is 0 Å². The molecule has 1 aromatic carbocycles. The molecule has 3 fully saturated rings. The normalized spacial score (nSPS) is 31.6. The molecular weight excluding hydrogens is 552 g/mol. The summed E-state index contributed by atoms with van der Waals surface area (Å²) in [6.45, 7) is 9.34. The zero-order valence-electron chi connectivity index (χ0n) is 20.6. The van der Waals surface area contributed by atoms with E-state index in [0.29, 0.717) is 23.6 Å². The van der Waals surface area contributed by atoms with Gasteiger partial charge in [0.25, 0.3) is 5.91 Å². The highest BCUT2D eigenvalue weighted by molar-refractivity contribution is 9.09. The van der Waals surface area contributed by atoms with Gasteiger partial charge >= 0.3 is 5.97 Å². The second kappa shape index (κ2) is 10.1. The Labute approximate surface area is 224 Å². The minimum atomic E-state index is -1.34. The molecule has 2 bridgehead atoms. The fraction of sp³-hybridized carbons (Fsp3) is 0.577. The number of rotatable bonds is 9. The Morgan fingerprint density at radius 1 is 1.42 bits per heavy atom. The molecule has 2 N–H and O–H groups in total. The average molecular weight is 584 g/mol. The van der Waals surface area contributed by atoms with Gasteiger partial charge in [-0.25, -0.2) is 0 Å². The van der Waals surface area contributed by atoms with Crippen molar-refractivity contribution < 1.29 is 29.3 Å². The van der Waals surface area contributed by atoms with Crippen LogP contribution in [0.5, 0.6) is 0 Å². The second-order valence-corrected chi connectivity index (χ2v) is 11.9. The Morgan fingerprint density at radius 3 is 2.67 bits per heavy atom. The first kappa shape index (κ1) is 27.1. The van der Waals surface area contributed by atoms with Gasteiger partial charge in [-0.1, -0.05) is 59.6 Å². The predicted octanol–water partition coefficient (Wildman–Crippen LogP) is 3.41. The fourth-order valence-electron chi connectivity index (χ4n) is 6.38. The number of carbonyl (C=O) groups is 3. The quantitative estimate of drug-likeness (QED) is 0.341. The number of amides is 2. The number of aliphatic carboxylic acids is 1. The highest BCUT2D eigenvalue weighted by Crippen LogP contribution is 2.60. The molecule has 0 aromatic heterocycles. The molecule has 3 aliphatic heterocycles. The first-order valence-electron chi connectivity index (χ1n) is 12.1. The van der Waals surface area contributed by atoms with E-state index in [1.165, 1.54) is 9.80 Å². The third-order valence-electron chi connectivity index (χ3n) is 7.63. The Kier molecular flexibility index (Phi) is 7.59. The van der Waals surface area contributed by atoms with Gasteiger partial charge in [0.05, 0.1) is 41.3 Å². The number of fused-ring (bicyclic) bond motifs is 1. The summed E-state index contributed by atoms with van der Waals surface area (Å²) in [6.07, 6.45) is 1.59. The summed E-state index contributed by atoms with van der Waals surface area (Å²) in [6, 6.07) is 3.52. The van der Waals surface area contributed by atoms with Crippen molar-refractivity contribution in [3.8, 4) is 0 Å². The summed E-state index contributed by atoms with van der Waals surface area (Å²) < 4.78 is 6.35. The smallest absolute Gasteiger partial charge is 0.310 e. The van der Waals surface area contributed by atoms with Crippen molar-refractivity contribution in [2.45, 2.75) is 62.2 Å². The molecule has 0 saturated carbocycles. The highest BCUT2D eigenvalue weighted by Gasteiger charge is 2.77. The van der Waals surface area contributed by atoms with Gasteiger partial charge in [0.2, 0.25) is 5.91 Å². The van der Waals surface area contributed by atoms with Crippen molar-refractivity contribution in [3.05, 3.63) is 41.4 Å². The van der Waals surface area contributed by atoms with Gasteiger partial charge in [0.15, 0.2) is 0 Å². The molecule has 36 heavy (non-hydrogen) atoms. The predicted molar refractivity (Wildman–Crippen MR) is 139 cm³/mol. The van der Waals surface area contributed by atoms with E-state index in [1.807, 2.05) is 26.8 Å². The van der Waals surface area contributed by atoms with Gasteiger partial charge in [-0.3, -0.25) is 14.4 Å². The number of carbonyl (C=O) groups excluding carboxylic acids is 2. The lowest BCUT2D eigenvalue weighted by atomic mass is 9.70. The zero-order valence-corrected chi connectivity index (χ0v) is 22.9. The van der Waals surface area contributed by atoms with E-state index in [4.69, 9.17) is 16.3 Å². The first-order valence-corrected chi connectivity index (χ1v) is 13.4. The molecule has 196 valence electrons. The van der Waals surface area contributed by atoms with Gasteiger partial charge < -0.3 is 24.7 Å². The van der Waals surface area contributed by atoms with E-state index in [0.717, 1.165) is 5.56 Å². The van der Waals surface area contributed by atoms with Crippen molar-refractivity contribution in [3.63, 3.8) is 0 Å². The summed E-state index contributed by atoms with van der Waals surface area (Å²) in [4.78, 5) is 43.4. The minimum absolute atomic E-state index is 0.121. The lowest BCUT2D eigenvalue weighted by molar-refractivity contribution is -0.151. The van der Waals surface area contributed by atoms with Gasteiger partial charge in [-0.05, 0) is 37.3 Å². The molecular formula is C26H32BrClN2O6. The van der Waals surface area contributed by atoms with Crippen molar-refractivity contribution in [2.75, 3.05) is 18.1 Å². The maximum atomic E-state index is 14.5. The minimum Gasteiger partial charge on any atom is -0.481 e. The van der Waals surface area contributed by atoms with Gasteiger partial charge in [0, 0.05) is 11.4 Å². The largest absolute Gasteiger partial charge is 0.481 e. The number of halogens is 2.